The summed E-state index contributed by atoms with van der Waals surface area (Å²) in [7, 11) is 0. The van der Waals surface area contributed by atoms with Gasteiger partial charge in [-0.25, -0.2) is 4.99 Å². The normalized spacial score (nSPS) is 14.1. The van der Waals surface area contributed by atoms with Crippen molar-refractivity contribution in [3.63, 3.8) is 0 Å². The van der Waals surface area contributed by atoms with Crippen LogP contribution in [0.5, 0.6) is 0 Å². The highest BCUT2D eigenvalue weighted by Crippen LogP contribution is 2.29. The molecule has 0 unspecified atom stereocenters. The molecule has 7 heteroatoms. The number of thioether (sulfide) groups is 1. The summed E-state index contributed by atoms with van der Waals surface area (Å²) in [5, 5.41) is 2.89. The lowest BCUT2D eigenvalue weighted by atomic mass is 10.1. The summed E-state index contributed by atoms with van der Waals surface area (Å²) in [6.07, 6.45) is 3.83. The molecule has 2 amide bonds. The molecule has 0 fully saturated rings. The van der Waals surface area contributed by atoms with E-state index in [-0.39, 0.29) is 11.8 Å². The second-order valence-corrected chi connectivity index (χ2v) is 10.0. The van der Waals surface area contributed by atoms with Crippen LogP contribution in [0, 0.1) is 0 Å². The number of carbonyl (C=O) groups is 2. The lowest BCUT2D eigenvalue weighted by Crippen LogP contribution is -2.32. The van der Waals surface area contributed by atoms with Crippen molar-refractivity contribution in [3.8, 4) is 0 Å². The molecule has 0 bridgehead atoms. The Bertz CT molecular complexity index is 1500. The molecule has 1 N–H and O–H groups in total. The summed E-state index contributed by atoms with van der Waals surface area (Å²) >= 11 is 5.06. The molecule has 0 spiro atoms. The number of rotatable bonds is 6. The van der Waals surface area contributed by atoms with E-state index in [1.807, 2.05) is 85.1 Å². The van der Waals surface area contributed by atoms with Crippen LogP contribution in [0.15, 0.2) is 123 Å². The fraction of sp³-hybridized carbons (Fsp3) is 0.0333. The van der Waals surface area contributed by atoms with Gasteiger partial charge in [0.1, 0.15) is 11.5 Å². The van der Waals surface area contributed by atoms with Crippen molar-refractivity contribution in [2.75, 3.05) is 16.5 Å². The Balaban J connectivity index is 1.44. The van der Waals surface area contributed by atoms with Crippen molar-refractivity contribution in [1.82, 2.24) is 0 Å². The second kappa shape index (κ2) is 11.0. The molecule has 5 nitrogen and oxygen atoms in total. The third-order valence-corrected chi connectivity index (χ3v) is 7.07. The van der Waals surface area contributed by atoms with E-state index >= 15 is 0 Å². The number of nitrogens with zero attached hydrogens (tertiary/aromatic N) is 2. The number of aliphatic imine (C=N–C) groups is 1. The zero-order valence-electron chi connectivity index (χ0n) is 19.9. The molecule has 0 aliphatic carbocycles. The summed E-state index contributed by atoms with van der Waals surface area (Å²) in [5.74, 6) is 0.0948. The molecule has 1 heterocycles. The van der Waals surface area contributed by atoms with Crippen LogP contribution in [0.1, 0.15) is 21.5 Å². The van der Waals surface area contributed by atoms with Crippen LogP contribution in [0.4, 0.5) is 11.4 Å². The monoisotopic (exact) mass is 567 g/mol. The highest BCUT2D eigenvalue weighted by molar-refractivity contribution is 9.10. The van der Waals surface area contributed by atoms with Crippen molar-refractivity contribution in [2.24, 2.45) is 4.99 Å². The van der Waals surface area contributed by atoms with E-state index in [0.717, 1.165) is 20.5 Å². The molecule has 0 atom stereocenters. The number of hydrogen-bond donors (Lipinski definition) is 1. The van der Waals surface area contributed by atoms with Gasteiger partial charge in [-0.3, -0.25) is 14.5 Å². The van der Waals surface area contributed by atoms with Crippen molar-refractivity contribution >= 4 is 62.8 Å². The number of nitrogens with one attached hydrogen (secondary N) is 1. The van der Waals surface area contributed by atoms with Crippen LogP contribution in [-0.4, -0.2) is 23.9 Å². The Labute approximate surface area is 228 Å². The van der Waals surface area contributed by atoms with Gasteiger partial charge >= 0.3 is 0 Å². The summed E-state index contributed by atoms with van der Waals surface area (Å²) in [5.41, 5.74) is 3.90. The molecule has 182 valence electrons. The summed E-state index contributed by atoms with van der Waals surface area (Å²) in [4.78, 5) is 33.8. The van der Waals surface area contributed by atoms with E-state index in [1.165, 1.54) is 0 Å². The molecule has 1 aliphatic rings. The van der Waals surface area contributed by atoms with Crippen LogP contribution in [0.2, 0.25) is 0 Å². The molecular formula is C30H22BrN3O2S. The Hall–Kier alpha value is -3.94. The Morgan fingerprint density at radius 2 is 1.57 bits per heavy atom. The summed E-state index contributed by atoms with van der Waals surface area (Å²) < 4.78 is 0.936. The predicted molar refractivity (Wildman–Crippen MR) is 155 cm³/mol. The smallest absolute Gasteiger partial charge is 0.282 e. The van der Waals surface area contributed by atoms with Crippen molar-refractivity contribution in [1.29, 1.82) is 0 Å². The second-order valence-electron chi connectivity index (χ2n) is 8.25. The fourth-order valence-corrected chi connectivity index (χ4v) is 4.57. The van der Waals surface area contributed by atoms with E-state index in [0.29, 0.717) is 28.5 Å². The third kappa shape index (κ3) is 5.58. The largest absolute Gasteiger partial charge is 0.322 e. The highest BCUT2D eigenvalue weighted by Gasteiger charge is 2.32. The van der Waals surface area contributed by atoms with Crippen molar-refractivity contribution < 1.29 is 9.59 Å². The maximum Gasteiger partial charge on any atom is 0.282 e. The van der Waals surface area contributed by atoms with Gasteiger partial charge in [-0.15, -0.1) is 11.8 Å². The number of anilines is 2. The van der Waals surface area contributed by atoms with Crippen LogP contribution >= 0.6 is 27.7 Å². The number of benzene rings is 4. The quantitative estimate of drug-likeness (QED) is 0.197. The fourth-order valence-electron chi connectivity index (χ4n) is 3.89. The maximum atomic E-state index is 13.6. The molecule has 4 aromatic carbocycles. The molecule has 0 saturated carbocycles. The molecule has 0 saturated heterocycles. The first-order valence-corrected chi connectivity index (χ1v) is 13.5. The Morgan fingerprint density at radius 1 is 0.892 bits per heavy atom. The van der Waals surface area contributed by atoms with Crippen molar-refractivity contribution in [3.05, 3.63) is 130 Å². The van der Waals surface area contributed by atoms with E-state index in [1.54, 1.807) is 47.0 Å². The third-order valence-electron chi connectivity index (χ3n) is 5.80. The average Bonchev–Trinajstić information content (AvgIpc) is 3.26. The van der Waals surface area contributed by atoms with Gasteiger partial charge < -0.3 is 5.32 Å². The lowest BCUT2D eigenvalue weighted by Gasteiger charge is -2.19. The van der Waals surface area contributed by atoms with Gasteiger partial charge in [0.15, 0.2) is 0 Å². The maximum absolute atomic E-state index is 13.6. The number of halogens is 1. The van der Waals surface area contributed by atoms with Gasteiger partial charge in [0.25, 0.3) is 11.8 Å². The summed E-state index contributed by atoms with van der Waals surface area (Å²) in [6.45, 7) is 0. The lowest BCUT2D eigenvalue weighted by molar-refractivity contribution is -0.113. The van der Waals surface area contributed by atoms with E-state index < -0.39 is 0 Å². The van der Waals surface area contributed by atoms with Crippen molar-refractivity contribution in [2.45, 2.75) is 4.90 Å². The molecular weight excluding hydrogens is 546 g/mol. The first-order valence-electron chi connectivity index (χ1n) is 11.5. The SMILES string of the molecule is CSc1ccc(C=C2N=C(c3ccccc3)N(c3ccc(C(=O)Nc4ccc(Br)cc4)cc3)C2=O)cc1. The number of carbonyl (C=O) groups excluding carboxylic acids is 2. The first-order chi connectivity index (χ1) is 18.0. The molecule has 37 heavy (non-hydrogen) atoms. The molecule has 4 aromatic rings. The number of amidine groups is 1. The van der Waals surface area contributed by atoms with Gasteiger partial charge in [-0.2, -0.15) is 0 Å². The molecule has 0 radical (unpaired) electrons. The zero-order valence-corrected chi connectivity index (χ0v) is 22.3. The topological polar surface area (TPSA) is 61.8 Å². The van der Waals surface area contributed by atoms with E-state index in [4.69, 9.17) is 4.99 Å². The van der Waals surface area contributed by atoms with E-state index in [2.05, 4.69) is 21.2 Å². The first kappa shape index (κ1) is 24.7. The summed E-state index contributed by atoms with van der Waals surface area (Å²) in [6, 6.07) is 31.9. The standard InChI is InChI=1S/C30H22BrN3O2S/c1-37-26-17-7-20(8-18-26)19-27-30(36)34(28(33-27)21-5-3-2-4-6-21)25-15-9-22(10-16-25)29(35)32-24-13-11-23(31)12-14-24/h2-19H,1H3,(H,32,35). The van der Waals surface area contributed by atoms with Crippen LogP contribution in [0.25, 0.3) is 6.08 Å². The molecule has 1 aliphatic heterocycles. The minimum absolute atomic E-state index is 0.222. The Kier molecular flexibility index (Phi) is 7.35. The predicted octanol–water partition coefficient (Wildman–Crippen LogP) is 7.26. The highest BCUT2D eigenvalue weighted by atomic mass is 79.9. The van der Waals surface area contributed by atoms with Gasteiger partial charge in [0.2, 0.25) is 0 Å². The van der Waals surface area contributed by atoms with Gasteiger partial charge in [-0.05, 0) is 78.6 Å². The van der Waals surface area contributed by atoms with Crippen LogP contribution < -0.4 is 10.2 Å². The number of amides is 2. The Morgan fingerprint density at radius 3 is 2.22 bits per heavy atom. The molecule has 0 aromatic heterocycles. The minimum atomic E-state index is -0.229. The minimum Gasteiger partial charge on any atom is -0.322 e. The zero-order chi connectivity index (χ0) is 25.8. The molecule has 5 rings (SSSR count). The average molecular weight is 568 g/mol. The van der Waals surface area contributed by atoms with Gasteiger partial charge in [0.05, 0.1) is 5.69 Å². The van der Waals surface area contributed by atoms with Gasteiger partial charge in [0, 0.05) is 26.2 Å². The number of hydrogen-bond acceptors (Lipinski definition) is 4. The van der Waals surface area contributed by atoms with E-state index in [9.17, 15) is 9.59 Å². The van der Waals surface area contributed by atoms with Crippen LogP contribution in [-0.2, 0) is 4.79 Å². The van der Waals surface area contributed by atoms with Crippen LogP contribution in [0.3, 0.4) is 0 Å². The van der Waals surface area contributed by atoms with Gasteiger partial charge in [-0.1, -0.05) is 58.4 Å².